The zero-order valence-corrected chi connectivity index (χ0v) is 21.2. The van der Waals surface area contributed by atoms with E-state index < -0.39 is 22.8 Å². The van der Waals surface area contributed by atoms with E-state index in [0.717, 1.165) is 0 Å². The number of carboxylic acids is 2. The van der Waals surface area contributed by atoms with Crippen LogP contribution in [0.1, 0.15) is 84.5 Å². The van der Waals surface area contributed by atoms with Crippen molar-refractivity contribution >= 4 is 33.5 Å². The van der Waals surface area contributed by atoms with Gasteiger partial charge in [0.25, 0.3) is 0 Å². The molecule has 0 aliphatic rings. The molecule has 0 amide bonds. The van der Waals surface area contributed by atoms with Crippen LogP contribution in [0.4, 0.5) is 0 Å². The van der Waals surface area contributed by atoms with Crippen molar-refractivity contribution in [2.45, 2.75) is 76.0 Å². The van der Waals surface area contributed by atoms with Crippen molar-refractivity contribution in [2.24, 2.45) is 0 Å². The molecule has 0 aromatic heterocycles. The quantitative estimate of drug-likeness (QED) is 0.360. The van der Waals surface area contributed by atoms with E-state index in [4.69, 9.17) is 0 Å². The highest BCUT2D eigenvalue weighted by atomic mass is 33.1. The summed E-state index contributed by atoms with van der Waals surface area (Å²) >= 11 is 0. The van der Waals surface area contributed by atoms with Gasteiger partial charge in [0, 0.05) is 20.9 Å². The van der Waals surface area contributed by atoms with E-state index in [2.05, 4.69) is 0 Å². The summed E-state index contributed by atoms with van der Waals surface area (Å²) < 4.78 is 0. The first kappa shape index (κ1) is 25.9. The summed E-state index contributed by atoms with van der Waals surface area (Å²) in [6.45, 7) is 14.6. The van der Waals surface area contributed by atoms with Gasteiger partial charge in [0.15, 0.2) is 0 Å². The molecular formula is C24H30O6S2. The Labute approximate surface area is 196 Å². The van der Waals surface area contributed by atoms with E-state index in [0.29, 0.717) is 32.0 Å². The van der Waals surface area contributed by atoms with Gasteiger partial charge in [-0.3, -0.25) is 0 Å². The number of benzene rings is 2. The lowest BCUT2D eigenvalue weighted by molar-refractivity contribution is 0.0680. The molecule has 0 saturated carbocycles. The molecule has 174 valence electrons. The summed E-state index contributed by atoms with van der Waals surface area (Å²) in [4.78, 5) is 25.0. The second-order valence-electron chi connectivity index (χ2n) is 9.82. The number of carboxylic acid groups (broad SMARTS) is 2. The maximum Gasteiger partial charge on any atom is 0.339 e. The topological polar surface area (TPSA) is 115 Å². The Balaban J connectivity index is 2.64. The van der Waals surface area contributed by atoms with Crippen molar-refractivity contribution < 1.29 is 30.0 Å². The highest BCUT2D eigenvalue weighted by Gasteiger charge is 2.29. The van der Waals surface area contributed by atoms with Crippen LogP contribution in [0.2, 0.25) is 0 Å². The van der Waals surface area contributed by atoms with Crippen molar-refractivity contribution in [3.63, 3.8) is 0 Å². The van der Waals surface area contributed by atoms with Crippen LogP contribution in [0.5, 0.6) is 11.5 Å². The molecule has 0 aliphatic heterocycles. The molecule has 2 aromatic rings. The average molecular weight is 479 g/mol. The molecule has 2 aromatic carbocycles. The van der Waals surface area contributed by atoms with Gasteiger partial charge in [0.2, 0.25) is 0 Å². The minimum Gasteiger partial charge on any atom is -0.507 e. The van der Waals surface area contributed by atoms with Crippen LogP contribution in [-0.2, 0) is 10.8 Å². The Morgan fingerprint density at radius 1 is 0.688 bits per heavy atom. The third kappa shape index (κ3) is 5.02. The zero-order valence-electron chi connectivity index (χ0n) is 19.6. The molecule has 0 unspecified atom stereocenters. The molecule has 0 spiro atoms. The van der Waals surface area contributed by atoms with Crippen LogP contribution >= 0.6 is 21.6 Å². The molecule has 0 radical (unpaired) electrons. The minimum atomic E-state index is -1.21. The maximum absolute atomic E-state index is 11.8. The monoisotopic (exact) mass is 478 g/mol. The normalized spacial score (nSPS) is 12.1. The molecule has 0 aliphatic carbocycles. The third-order valence-corrected chi connectivity index (χ3v) is 7.91. The van der Waals surface area contributed by atoms with Gasteiger partial charge >= 0.3 is 11.9 Å². The first-order chi connectivity index (χ1) is 14.5. The van der Waals surface area contributed by atoms with Crippen molar-refractivity contribution in [3.8, 4) is 11.5 Å². The van der Waals surface area contributed by atoms with Crippen LogP contribution in [-0.4, -0.2) is 32.4 Å². The molecule has 32 heavy (non-hydrogen) atoms. The fourth-order valence-corrected chi connectivity index (χ4v) is 5.96. The van der Waals surface area contributed by atoms with Crippen LogP contribution in [0.3, 0.4) is 0 Å². The third-order valence-electron chi connectivity index (χ3n) is 5.29. The molecule has 0 fully saturated rings. The fourth-order valence-electron chi connectivity index (χ4n) is 3.42. The molecule has 0 bridgehead atoms. The maximum atomic E-state index is 11.8. The van der Waals surface area contributed by atoms with Crippen molar-refractivity contribution in [3.05, 3.63) is 45.5 Å². The molecule has 0 heterocycles. The molecule has 6 nitrogen and oxygen atoms in total. The second kappa shape index (κ2) is 8.90. The Bertz CT molecular complexity index is 1000. The van der Waals surface area contributed by atoms with Crippen LogP contribution < -0.4 is 0 Å². The Hall–Kier alpha value is -2.32. The molecule has 4 N–H and O–H groups in total. The van der Waals surface area contributed by atoms with E-state index >= 15 is 0 Å². The van der Waals surface area contributed by atoms with Crippen molar-refractivity contribution in [1.29, 1.82) is 0 Å². The first-order valence-electron chi connectivity index (χ1n) is 10.0. The van der Waals surface area contributed by atoms with Crippen LogP contribution in [0.15, 0.2) is 21.9 Å². The summed E-state index contributed by atoms with van der Waals surface area (Å²) in [7, 11) is 2.60. The largest absolute Gasteiger partial charge is 0.507 e. The highest BCUT2D eigenvalue weighted by Crippen LogP contribution is 2.48. The van der Waals surface area contributed by atoms with E-state index in [1.807, 2.05) is 41.5 Å². The predicted molar refractivity (Wildman–Crippen MR) is 129 cm³/mol. The smallest absolute Gasteiger partial charge is 0.339 e. The summed E-state index contributed by atoms with van der Waals surface area (Å²) in [5, 5.41) is 40.5. The first-order valence-corrected chi connectivity index (χ1v) is 12.2. The lowest BCUT2D eigenvalue weighted by Crippen LogP contribution is -2.15. The van der Waals surface area contributed by atoms with Gasteiger partial charge in [-0.2, -0.15) is 0 Å². The zero-order chi connectivity index (χ0) is 24.8. The van der Waals surface area contributed by atoms with E-state index in [1.54, 1.807) is 26.0 Å². The molecular weight excluding hydrogens is 448 g/mol. The number of hydrogen-bond donors (Lipinski definition) is 4. The Kier molecular flexibility index (Phi) is 7.22. The number of aromatic hydroxyl groups is 2. The molecule has 8 heteroatoms. The van der Waals surface area contributed by atoms with E-state index in [9.17, 15) is 30.0 Å². The molecule has 2 rings (SSSR count). The number of rotatable bonds is 5. The van der Waals surface area contributed by atoms with Crippen LogP contribution in [0, 0.1) is 13.8 Å². The van der Waals surface area contributed by atoms with Crippen molar-refractivity contribution in [2.75, 3.05) is 0 Å². The summed E-state index contributed by atoms with van der Waals surface area (Å²) in [6, 6.07) is 3.57. The van der Waals surface area contributed by atoms with Crippen molar-refractivity contribution in [1.82, 2.24) is 0 Å². The second-order valence-corrected chi connectivity index (χ2v) is 12.0. The van der Waals surface area contributed by atoms with Gasteiger partial charge in [-0.1, -0.05) is 63.1 Å². The number of aromatic carboxylic acids is 2. The van der Waals surface area contributed by atoms with Gasteiger partial charge in [-0.25, -0.2) is 9.59 Å². The van der Waals surface area contributed by atoms with E-state index in [-0.39, 0.29) is 22.6 Å². The molecule has 0 atom stereocenters. The summed E-state index contributed by atoms with van der Waals surface area (Å²) in [5.74, 6) is -2.88. The Morgan fingerprint density at radius 3 is 1.19 bits per heavy atom. The summed E-state index contributed by atoms with van der Waals surface area (Å²) in [6.07, 6.45) is 0. The summed E-state index contributed by atoms with van der Waals surface area (Å²) in [5.41, 5.74) is 0.686. The van der Waals surface area contributed by atoms with Gasteiger partial charge < -0.3 is 20.4 Å². The number of hydrogen-bond acceptors (Lipinski definition) is 6. The lowest BCUT2D eigenvalue weighted by Gasteiger charge is -2.25. The minimum absolute atomic E-state index is 0.135. The average Bonchev–Trinajstić information content (AvgIpc) is 2.59. The standard InChI is InChI=1S/C24H30O6S2/c1-11-15(9-13(23(3,4)5)19(25)17(11)21(27)28)31-32-16-10-14(24(6,7)8)20(26)18(12(16)2)22(29)30/h9-10,25-26H,1-8H3,(H,27,28)(H,29,30). The highest BCUT2D eigenvalue weighted by molar-refractivity contribution is 8.76. The van der Waals surface area contributed by atoms with Gasteiger partial charge in [-0.15, -0.1) is 0 Å². The fraction of sp³-hybridized carbons (Fsp3) is 0.417. The van der Waals surface area contributed by atoms with Gasteiger partial charge in [-0.05, 0) is 47.9 Å². The van der Waals surface area contributed by atoms with Gasteiger partial charge in [0.1, 0.15) is 22.6 Å². The Morgan fingerprint density at radius 2 is 0.969 bits per heavy atom. The van der Waals surface area contributed by atoms with Gasteiger partial charge in [0.05, 0.1) is 0 Å². The number of phenols is 2. The predicted octanol–water partition coefficient (Wildman–Crippen LogP) is 6.51. The number of carbonyl (C=O) groups is 2. The van der Waals surface area contributed by atoms with Crippen LogP contribution in [0.25, 0.3) is 0 Å². The SMILES string of the molecule is Cc1c(SSc2cc(C(C)(C)C)c(O)c(C(=O)O)c2C)cc(C(C)(C)C)c(O)c1C(=O)O. The lowest BCUT2D eigenvalue weighted by atomic mass is 9.84. The van der Waals surface area contributed by atoms with E-state index in [1.165, 1.54) is 21.6 Å². The molecule has 0 saturated heterocycles.